The summed E-state index contributed by atoms with van der Waals surface area (Å²) in [5.41, 5.74) is 1.42. The third kappa shape index (κ3) is 3.32. The van der Waals surface area contributed by atoms with Crippen LogP contribution in [0.2, 0.25) is 0 Å². The molecular formula is C10H14FNO2. The molecule has 0 aliphatic carbocycles. The maximum Gasteiger partial charge on any atom is 0.125 e. The minimum atomic E-state index is -0.821. The third-order valence-electron chi connectivity index (χ3n) is 1.79. The lowest BCUT2D eigenvalue weighted by Crippen LogP contribution is -2.22. The van der Waals surface area contributed by atoms with Gasteiger partial charge >= 0.3 is 0 Å². The highest BCUT2D eigenvalue weighted by molar-refractivity contribution is 5.46. The molecule has 0 aliphatic rings. The fraction of sp³-hybridized carbons (Fsp3) is 0.400. The van der Waals surface area contributed by atoms with E-state index in [1.54, 1.807) is 13.0 Å². The van der Waals surface area contributed by atoms with Crippen molar-refractivity contribution in [2.45, 2.75) is 13.0 Å². The number of hydrogen-bond acceptors (Lipinski definition) is 3. The Morgan fingerprint density at radius 3 is 2.71 bits per heavy atom. The highest BCUT2D eigenvalue weighted by Gasteiger charge is 2.02. The molecule has 0 spiro atoms. The van der Waals surface area contributed by atoms with Crippen LogP contribution in [0.25, 0.3) is 0 Å². The molecule has 0 radical (unpaired) electrons. The Hall–Kier alpha value is -1.13. The van der Waals surface area contributed by atoms with Crippen LogP contribution in [0.5, 0.6) is 0 Å². The summed E-state index contributed by atoms with van der Waals surface area (Å²) < 4.78 is 12.9. The van der Waals surface area contributed by atoms with E-state index in [1.165, 1.54) is 12.1 Å². The van der Waals surface area contributed by atoms with Gasteiger partial charge in [0.25, 0.3) is 0 Å². The molecule has 78 valence electrons. The third-order valence-corrected chi connectivity index (χ3v) is 1.79. The van der Waals surface area contributed by atoms with Crippen molar-refractivity contribution in [3.8, 4) is 0 Å². The van der Waals surface area contributed by atoms with Gasteiger partial charge < -0.3 is 15.5 Å². The highest BCUT2D eigenvalue weighted by Crippen LogP contribution is 2.12. The van der Waals surface area contributed by atoms with Gasteiger partial charge in [-0.15, -0.1) is 0 Å². The van der Waals surface area contributed by atoms with Crippen molar-refractivity contribution in [2.75, 3.05) is 18.5 Å². The summed E-state index contributed by atoms with van der Waals surface area (Å²) in [6.07, 6.45) is -0.821. The number of rotatable bonds is 4. The van der Waals surface area contributed by atoms with Crippen molar-refractivity contribution in [3.63, 3.8) is 0 Å². The smallest absolute Gasteiger partial charge is 0.125 e. The molecule has 0 saturated heterocycles. The minimum Gasteiger partial charge on any atom is -0.394 e. The second-order valence-electron chi connectivity index (χ2n) is 3.23. The average Bonchev–Trinajstić information content (AvgIpc) is 2.12. The summed E-state index contributed by atoms with van der Waals surface area (Å²) in [4.78, 5) is 0. The van der Waals surface area contributed by atoms with E-state index in [1.807, 2.05) is 0 Å². The molecule has 1 rings (SSSR count). The van der Waals surface area contributed by atoms with Crippen LogP contribution in [0.1, 0.15) is 5.56 Å². The van der Waals surface area contributed by atoms with E-state index in [2.05, 4.69) is 5.32 Å². The van der Waals surface area contributed by atoms with Crippen LogP contribution in [0, 0.1) is 12.7 Å². The molecule has 1 aromatic rings. The molecule has 0 heterocycles. The van der Waals surface area contributed by atoms with E-state index in [0.717, 1.165) is 5.56 Å². The Morgan fingerprint density at radius 1 is 1.43 bits per heavy atom. The van der Waals surface area contributed by atoms with E-state index in [4.69, 9.17) is 10.2 Å². The van der Waals surface area contributed by atoms with Gasteiger partial charge in [-0.25, -0.2) is 4.39 Å². The van der Waals surface area contributed by atoms with Gasteiger partial charge in [0, 0.05) is 12.2 Å². The van der Waals surface area contributed by atoms with Gasteiger partial charge in [-0.3, -0.25) is 0 Å². The van der Waals surface area contributed by atoms with Gasteiger partial charge in [0.2, 0.25) is 0 Å². The van der Waals surface area contributed by atoms with E-state index in [-0.39, 0.29) is 19.0 Å². The topological polar surface area (TPSA) is 52.5 Å². The van der Waals surface area contributed by atoms with Crippen molar-refractivity contribution < 1.29 is 14.6 Å². The molecule has 4 heteroatoms. The fourth-order valence-electron chi connectivity index (χ4n) is 1.14. The predicted molar refractivity (Wildman–Crippen MR) is 52.7 cm³/mol. The number of halogens is 1. The van der Waals surface area contributed by atoms with E-state index < -0.39 is 6.10 Å². The number of aliphatic hydroxyl groups is 2. The molecular weight excluding hydrogens is 185 g/mol. The van der Waals surface area contributed by atoms with Crippen LogP contribution in [-0.4, -0.2) is 29.5 Å². The molecule has 0 fully saturated rings. The first kappa shape index (κ1) is 10.9. The molecule has 14 heavy (non-hydrogen) atoms. The molecule has 0 amide bonds. The number of anilines is 1. The summed E-state index contributed by atoms with van der Waals surface area (Å²) in [6, 6.07) is 4.54. The summed E-state index contributed by atoms with van der Waals surface area (Å²) >= 11 is 0. The quantitative estimate of drug-likeness (QED) is 0.675. The first-order valence-electron chi connectivity index (χ1n) is 4.42. The lowest BCUT2D eigenvalue weighted by atomic mass is 10.2. The fourth-order valence-corrected chi connectivity index (χ4v) is 1.14. The maximum absolute atomic E-state index is 12.9. The standard InChI is InChI=1S/C10H14FNO2/c1-7-2-8(11)4-9(3-7)12-5-10(14)6-13/h2-4,10,12-14H,5-6H2,1H3. The Morgan fingerprint density at radius 2 is 2.14 bits per heavy atom. The average molecular weight is 199 g/mol. The Balaban J connectivity index is 2.58. The van der Waals surface area contributed by atoms with Crippen molar-refractivity contribution in [1.29, 1.82) is 0 Å². The predicted octanol–water partition coefficient (Wildman–Crippen LogP) is 0.899. The van der Waals surface area contributed by atoms with Crippen molar-refractivity contribution in [1.82, 2.24) is 0 Å². The van der Waals surface area contributed by atoms with E-state index in [9.17, 15) is 4.39 Å². The Bertz CT molecular complexity index is 284. The number of hydrogen-bond donors (Lipinski definition) is 3. The van der Waals surface area contributed by atoms with Gasteiger partial charge in [0.1, 0.15) is 5.82 Å². The lowest BCUT2D eigenvalue weighted by Gasteiger charge is -2.10. The zero-order valence-electron chi connectivity index (χ0n) is 8.00. The summed E-state index contributed by atoms with van der Waals surface area (Å²) in [5, 5.41) is 20.4. The molecule has 0 saturated carbocycles. The zero-order valence-corrected chi connectivity index (χ0v) is 8.00. The molecule has 0 aliphatic heterocycles. The normalized spacial score (nSPS) is 12.6. The summed E-state index contributed by atoms with van der Waals surface area (Å²) in [7, 11) is 0. The van der Waals surface area contributed by atoms with Crippen molar-refractivity contribution >= 4 is 5.69 Å². The number of nitrogens with one attached hydrogen (secondary N) is 1. The van der Waals surface area contributed by atoms with Crippen LogP contribution >= 0.6 is 0 Å². The van der Waals surface area contributed by atoms with Crippen molar-refractivity contribution in [3.05, 3.63) is 29.6 Å². The van der Waals surface area contributed by atoms with Gasteiger partial charge in [0.05, 0.1) is 12.7 Å². The first-order chi connectivity index (χ1) is 6.61. The highest BCUT2D eigenvalue weighted by atomic mass is 19.1. The Labute approximate surface area is 82.2 Å². The van der Waals surface area contributed by atoms with E-state index >= 15 is 0 Å². The van der Waals surface area contributed by atoms with Gasteiger partial charge in [-0.2, -0.15) is 0 Å². The van der Waals surface area contributed by atoms with Gasteiger partial charge in [-0.1, -0.05) is 0 Å². The second-order valence-corrected chi connectivity index (χ2v) is 3.23. The molecule has 0 bridgehead atoms. The SMILES string of the molecule is Cc1cc(F)cc(NCC(O)CO)c1. The van der Waals surface area contributed by atoms with Crippen LogP contribution in [0.15, 0.2) is 18.2 Å². The van der Waals surface area contributed by atoms with Crippen molar-refractivity contribution in [2.24, 2.45) is 0 Å². The molecule has 3 N–H and O–H groups in total. The summed E-state index contributed by atoms with van der Waals surface area (Å²) in [5.74, 6) is -0.314. The molecule has 0 aromatic heterocycles. The zero-order chi connectivity index (χ0) is 10.6. The second kappa shape index (κ2) is 4.93. The molecule has 1 aromatic carbocycles. The summed E-state index contributed by atoms with van der Waals surface area (Å²) in [6.45, 7) is 1.69. The van der Waals surface area contributed by atoms with Gasteiger partial charge in [0.15, 0.2) is 0 Å². The van der Waals surface area contributed by atoms with Crippen LogP contribution in [0.3, 0.4) is 0 Å². The van der Waals surface area contributed by atoms with Crippen LogP contribution in [0.4, 0.5) is 10.1 Å². The first-order valence-corrected chi connectivity index (χ1v) is 4.42. The van der Waals surface area contributed by atoms with E-state index in [0.29, 0.717) is 5.69 Å². The Kier molecular flexibility index (Phi) is 3.85. The molecule has 1 atom stereocenters. The van der Waals surface area contributed by atoms with Gasteiger partial charge in [-0.05, 0) is 30.7 Å². The number of aryl methyl sites for hydroxylation is 1. The number of benzene rings is 1. The lowest BCUT2D eigenvalue weighted by molar-refractivity contribution is 0.105. The van der Waals surface area contributed by atoms with Crippen LogP contribution in [-0.2, 0) is 0 Å². The van der Waals surface area contributed by atoms with Crippen LogP contribution < -0.4 is 5.32 Å². The largest absolute Gasteiger partial charge is 0.394 e. The molecule has 1 unspecified atom stereocenters. The molecule has 3 nitrogen and oxygen atoms in total. The maximum atomic E-state index is 12.9. The monoisotopic (exact) mass is 199 g/mol. The minimum absolute atomic E-state index is 0.208. The number of aliphatic hydroxyl groups excluding tert-OH is 2.